The van der Waals surface area contributed by atoms with Crippen LogP contribution in [0.15, 0.2) is 45.6 Å². The van der Waals surface area contributed by atoms with Crippen molar-refractivity contribution < 1.29 is 14.1 Å². The van der Waals surface area contributed by atoms with E-state index in [4.69, 9.17) is 9.15 Å². The van der Waals surface area contributed by atoms with E-state index in [1.165, 1.54) is 12.1 Å². The molecule has 3 aromatic rings. The molecule has 138 valence electrons. The molecule has 1 aliphatic rings. The van der Waals surface area contributed by atoms with E-state index in [0.717, 1.165) is 59.1 Å². The van der Waals surface area contributed by atoms with E-state index in [-0.39, 0.29) is 11.3 Å². The number of nitro benzene ring substituents is 1. The molecule has 1 heterocycles. The fourth-order valence-corrected chi connectivity index (χ4v) is 3.60. The molecule has 2 aromatic carbocycles. The maximum atomic E-state index is 12.2. The Balaban J connectivity index is 1.65. The maximum Gasteiger partial charge on any atom is 0.339 e. The second kappa shape index (κ2) is 6.87. The topological polar surface area (TPSA) is 82.6 Å². The molecule has 0 aliphatic heterocycles. The van der Waals surface area contributed by atoms with Crippen molar-refractivity contribution in [2.24, 2.45) is 0 Å². The first kappa shape index (κ1) is 17.3. The van der Waals surface area contributed by atoms with Crippen LogP contribution in [-0.2, 0) is 19.4 Å². The molecule has 1 aromatic heterocycles. The minimum absolute atomic E-state index is 0.0577. The standard InChI is InChI=1S/C21H19NO5/c1-13-10-20-18(16-4-2-3-5-17(16)21(23)27-20)11-19(13)26-12-14-6-8-15(9-7-14)22(24)25/h6-11H,2-5,12H2,1H3. The molecule has 6 heteroatoms. The van der Waals surface area contributed by atoms with Gasteiger partial charge in [-0.2, -0.15) is 0 Å². The Bertz CT molecular complexity index is 1080. The number of fused-ring (bicyclic) bond motifs is 3. The normalized spacial score (nSPS) is 13.4. The Hall–Kier alpha value is -3.15. The highest BCUT2D eigenvalue weighted by molar-refractivity contribution is 5.84. The van der Waals surface area contributed by atoms with Crippen LogP contribution in [0.1, 0.15) is 35.1 Å². The van der Waals surface area contributed by atoms with E-state index in [9.17, 15) is 14.9 Å². The van der Waals surface area contributed by atoms with Crippen molar-refractivity contribution in [3.05, 3.63) is 79.2 Å². The van der Waals surface area contributed by atoms with E-state index in [1.807, 2.05) is 19.1 Å². The van der Waals surface area contributed by atoms with E-state index in [2.05, 4.69) is 0 Å². The maximum absolute atomic E-state index is 12.2. The van der Waals surface area contributed by atoms with Gasteiger partial charge < -0.3 is 9.15 Å². The van der Waals surface area contributed by atoms with Gasteiger partial charge in [0.25, 0.3) is 5.69 Å². The highest BCUT2D eigenvalue weighted by Crippen LogP contribution is 2.32. The Morgan fingerprint density at radius 3 is 2.52 bits per heavy atom. The first-order valence-electron chi connectivity index (χ1n) is 8.98. The highest BCUT2D eigenvalue weighted by Gasteiger charge is 2.19. The van der Waals surface area contributed by atoms with Gasteiger partial charge in [-0.1, -0.05) is 0 Å². The first-order valence-corrected chi connectivity index (χ1v) is 8.98. The highest BCUT2D eigenvalue weighted by atomic mass is 16.6. The molecule has 0 bridgehead atoms. The monoisotopic (exact) mass is 365 g/mol. The fraction of sp³-hybridized carbons (Fsp3) is 0.286. The number of nitro groups is 1. The molecular formula is C21H19NO5. The first-order chi connectivity index (χ1) is 13.0. The van der Waals surface area contributed by atoms with Gasteiger partial charge in [-0.15, -0.1) is 0 Å². The van der Waals surface area contributed by atoms with Crippen LogP contribution >= 0.6 is 0 Å². The summed E-state index contributed by atoms with van der Waals surface area (Å²) in [5.74, 6) is 0.725. The molecule has 4 rings (SSSR count). The molecule has 27 heavy (non-hydrogen) atoms. The summed E-state index contributed by atoms with van der Waals surface area (Å²) in [5, 5.41) is 11.7. The third kappa shape index (κ3) is 3.30. The second-order valence-electron chi connectivity index (χ2n) is 6.88. The predicted molar refractivity (Wildman–Crippen MR) is 101 cm³/mol. The summed E-state index contributed by atoms with van der Waals surface area (Å²) in [6, 6.07) is 10.1. The number of hydrogen-bond donors (Lipinski definition) is 0. The Kier molecular flexibility index (Phi) is 4.39. The molecule has 0 saturated carbocycles. The zero-order chi connectivity index (χ0) is 19.0. The average Bonchev–Trinajstić information content (AvgIpc) is 2.67. The molecule has 0 unspecified atom stereocenters. The lowest BCUT2D eigenvalue weighted by Crippen LogP contribution is -2.15. The third-order valence-electron chi connectivity index (χ3n) is 5.06. The van der Waals surface area contributed by atoms with Crippen molar-refractivity contribution in [1.82, 2.24) is 0 Å². The van der Waals surface area contributed by atoms with Gasteiger partial charge in [0.15, 0.2) is 0 Å². The van der Waals surface area contributed by atoms with Gasteiger partial charge in [0.2, 0.25) is 0 Å². The Morgan fingerprint density at radius 1 is 1.11 bits per heavy atom. The minimum Gasteiger partial charge on any atom is -0.489 e. The van der Waals surface area contributed by atoms with E-state index >= 15 is 0 Å². The lowest BCUT2D eigenvalue weighted by Gasteiger charge is -2.17. The molecule has 0 spiro atoms. The fourth-order valence-electron chi connectivity index (χ4n) is 3.60. The molecule has 6 nitrogen and oxygen atoms in total. The number of benzene rings is 2. The van der Waals surface area contributed by atoms with Crippen LogP contribution in [0.25, 0.3) is 11.0 Å². The summed E-state index contributed by atoms with van der Waals surface area (Å²) in [4.78, 5) is 22.5. The van der Waals surface area contributed by atoms with Crippen LogP contribution in [0.3, 0.4) is 0 Å². The number of aryl methyl sites for hydroxylation is 2. The predicted octanol–water partition coefficient (Wildman–Crippen LogP) is 4.47. The van der Waals surface area contributed by atoms with Crippen LogP contribution in [0.5, 0.6) is 5.75 Å². The minimum atomic E-state index is -0.422. The molecular weight excluding hydrogens is 346 g/mol. The number of nitrogens with zero attached hydrogens (tertiary/aromatic N) is 1. The summed E-state index contributed by atoms with van der Waals surface area (Å²) in [5.41, 5.74) is 4.02. The summed E-state index contributed by atoms with van der Waals surface area (Å²) >= 11 is 0. The van der Waals surface area contributed by atoms with Crippen LogP contribution in [0, 0.1) is 17.0 Å². The van der Waals surface area contributed by atoms with Gasteiger partial charge in [0.1, 0.15) is 17.9 Å². The summed E-state index contributed by atoms with van der Waals surface area (Å²) in [6.07, 6.45) is 3.72. The SMILES string of the molecule is Cc1cc2oc(=O)c3c(c2cc1OCc1ccc([N+](=O)[O-])cc1)CCCC3. The summed E-state index contributed by atoms with van der Waals surface area (Å²) in [7, 11) is 0. The number of ether oxygens (including phenoxy) is 1. The van der Waals surface area contributed by atoms with Crippen LogP contribution in [0.4, 0.5) is 5.69 Å². The van der Waals surface area contributed by atoms with Crippen molar-refractivity contribution in [2.45, 2.75) is 39.2 Å². The van der Waals surface area contributed by atoms with Crippen molar-refractivity contribution in [1.29, 1.82) is 0 Å². The van der Waals surface area contributed by atoms with E-state index < -0.39 is 4.92 Å². The van der Waals surface area contributed by atoms with Crippen LogP contribution in [-0.4, -0.2) is 4.92 Å². The molecule has 0 atom stereocenters. The zero-order valence-corrected chi connectivity index (χ0v) is 15.0. The van der Waals surface area contributed by atoms with Gasteiger partial charge in [-0.05, 0) is 73.6 Å². The average molecular weight is 365 g/mol. The van der Waals surface area contributed by atoms with E-state index in [1.54, 1.807) is 12.1 Å². The molecule has 0 fully saturated rings. The summed E-state index contributed by atoms with van der Waals surface area (Å²) in [6.45, 7) is 2.22. The van der Waals surface area contributed by atoms with Gasteiger partial charge in [0, 0.05) is 23.1 Å². The van der Waals surface area contributed by atoms with Gasteiger partial charge in [-0.25, -0.2) is 4.79 Å². The van der Waals surface area contributed by atoms with Crippen molar-refractivity contribution in [2.75, 3.05) is 0 Å². The smallest absolute Gasteiger partial charge is 0.339 e. The zero-order valence-electron chi connectivity index (χ0n) is 15.0. The Morgan fingerprint density at radius 2 is 1.81 bits per heavy atom. The third-order valence-corrected chi connectivity index (χ3v) is 5.06. The molecule has 0 saturated heterocycles. The van der Waals surface area contributed by atoms with Gasteiger partial charge >= 0.3 is 5.63 Å². The van der Waals surface area contributed by atoms with Gasteiger partial charge in [0.05, 0.1) is 4.92 Å². The van der Waals surface area contributed by atoms with Crippen molar-refractivity contribution >= 4 is 16.7 Å². The number of non-ortho nitro benzene ring substituents is 1. The van der Waals surface area contributed by atoms with Crippen LogP contribution < -0.4 is 10.4 Å². The lowest BCUT2D eigenvalue weighted by atomic mass is 9.90. The number of rotatable bonds is 4. The molecule has 0 N–H and O–H groups in total. The van der Waals surface area contributed by atoms with E-state index in [0.29, 0.717) is 12.2 Å². The second-order valence-corrected chi connectivity index (χ2v) is 6.88. The quantitative estimate of drug-likeness (QED) is 0.387. The molecule has 1 aliphatic carbocycles. The summed E-state index contributed by atoms with van der Waals surface area (Å²) < 4.78 is 11.5. The van der Waals surface area contributed by atoms with Crippen molar-refractivity contribution in [3.63, 3.8) is 0 Å². The van der Waals surface area contributed by atoms with Gasteiger partial charge in [-0.3, -0.25) is 10.1 Å². The Labute approximate surface area is 155 Å². The molecule has 0 amide bonds. The lowest BCUT2D eigenvalue weighted by molar-refractivity contribution is -0.384. The number of hydrogen-bond acceptors (Lipinski definition) is 5. The molecule has 0 radical (unpaired) electrons. The largest absolute Gasteiger partial charge is 0.489 e. The van der Waals surface area contributed by atoms with Crippen LogP contribution in [0.2, 0.25) is 0 Å². The van der Waals surface area contributed by atoms with Crippen molar-refractivity contribution in [3.8, 4) is 5.75 Å².